The normalized spacial score (nSPS) is 11.7. The maximum Gasteiger partial charge on any atom is 0.160 e. The second kappa shape index (κ2) is 9.37. The van der Waals surface area contributed by atoms with Crippen molar-refractivity contribution in [3.63, 3.8) is 0 Å². The van der Waals surface area contributed by atoms with E-state index in [1.165, 1.54) is 32.3 Å². The number of fused-ring (bicyclic) bond motifs is 9. The fraction of sp³-hybridized carbons (Fsp3) is 0. The molecule has 0 aliphatic rings. The standard InChI is InChI=1S/C40H24N2O/c1-3-11-25(12-4-1)36-24-37(42-40(41-36)26-13-5-2-6-14-26)27-19-20-38-34(21-27)35-22-32-30-17-9-7-15-28(30)29-16-8-10-18-31(29)33(32)23-39(35)43-38/h1-24H. The lowest BCUT2D eigenvalue weighted by molar-refractivity contribution is 0.669. The summed E-state index contributed by atoms with van der Waals surface area (Å²) in [7, 11) is 0. The molecular formula is C40H24N2O. The molecule has 0 bridgehead atoms. The lowest BCUT2D eigenvalue weighted by Crippen LogP contribution is -1.95. The Hall–Kier alpha value is -5.80. The molecule has 0 radical (unpaired) electrons. The Morgan fingerprint density at radius 3 is 1.49 bits per heavy atom. The van der Waals surface area contributed by atoms with Gasteiger partial charge < -0.3 is 4.42 Å². The van der Waals surface area contributed by atoms with Crippen molar-refractivity contribution in [2.45, 2.75) is 0 Å². The van der Waals surface area contributed by atoms with Gasteiger partial charge >= 0.3 is 0 Å². The molecule has 0 amide bonds. The van der Waals surface area contributed by atoms with E-state index in [0.717, 1.165) is 50.0 Å². The predicted octanol–water partition coefficient (Wildman–Crippen LogP) is 10.8. The Kier molecular flexibility index (Phi) is 5.20. The summed E-state index contributed by atoms with van der Waals surface area (Å²) < 4.78 is 6.47. The second-order valence-corrected chi connectivity index (χ2v) is 11.0. The lowest BCUT2D eigenvalue weighted by Gasteiger charge is -2.10. The van der Waals surface area contributed by atoms with Gasteiger partial charge in [0.05, 0.1) is 11.4 Å². The molecule has 2 heterocycles. The summed E-state index contributed by atoms with van der Waals surface area (Å²) in [6.45, 7) is 0. The molecule has 0 unspecified atom stereocenters. The zero-order chi connectivity index (χ0) is 28.3. The average Bonchev–Trinajstić information content (AvgIpc) is 3.45. The van der Waals surface area contributed by atoms with Gasteiger partial charge in [-0.2, -0.15) is 0 Å². The van der Waals surface area contributed by atoms with E-state index < -0.39 is 0 Å². The van der Waals surface area contributed by atoms with Gasteiger partial charge in [0.2, 0.25) is 0 Å². The first-order chi connectivity index (χ1) is 21.3. The molecule has 0 spiro atoms. The van der Waals surface area contributed by atoms with E-state index in [0.29, 0.717) is 5.82 Å². The number of benzene rings is 7. The fourth-order valence-corrected chi connectivity index (χ4v) is 6.40. The minimum atomic E-state index is 0.707. The van der Waals surface area contributed by atoms with Crippen molar-refractivity contribution in [1.82, 2.24) is 9.97 Å². The molecule has 2 aromatic heterocycles. The number of furan rings is 1. The van der Waals surface area contributed by atoms with E-state index in [4.69, 9.17) is 14.4 Å². The van der Waals surface area contributed by atoms with Gasteiger partial charge in [0.15, 0.2) is 5.82 Å². The largest absolute Gasteiger partial charge is 0.456 e. The van der Waals surface area contributed by atoms with Crippen LogP contribution in [0.25, 0.3) is 88.2 Å². The van der Waals surface area contributed by atoms with Crippen LogP contribution in [-0.2, 0) is 0 Å². The quantitative estimate of drug-likeness (QED) is 0.206. The Balaban J connectivity index is 1.29. The van der Waals surface area contributed by atoms with Crippen molar-refractivity contribution in [3.8, 4) is 33.9 Å². The minimum absolute atomic E-state index is 0.707. The number of nitrogens with zero attached hydrogens (tertiary/aromatic N) is 2. The average molecular weight is 549 g/mol. The lowest BCUT2D eigenvalue weighted by atomic mass is 9.93. The molecular weight excluding hydrogens is 524 g/mol. The first-order valence-corrected chi connectivity index (χ1v) is 14.5. The maximum absolute atomic E-state index is 6.47. The van der Waals surface area contributed by atoms with Gasteiger partial charge in [-0.1, -0.05) is 109 Å². The van der Waals surface area contributed by atoms with Crippen molar-refractivity contribution in [3.05, 3.63) is 146 Å². The highest BCUT2D eigenvalue weighted by Gasteiger charge is 2.16. The van der Waals surface area contributed by atoms with Crippen molar-refractivity contribution >= 4 is 54.3 Å². The molecule has 0 fully saturated rings. The van der Waals surface area contributed by atoms with Gasteiger partial charge in [-0.3, -0.25) is 0 Å². The van der Waals surface area contributed by atoms with Gasteiger partial charge in [-0.05, 0) is 68.7 Å². The summed E-state index contributed by atoms with van der Waals surface area (Å²) in [5.74, 6) is 0.707. The molecule has 3 nitrogen and oxygen atoms in total. The van der Waals surface area contributed by atoms with E-state index in [1.807, 2.05) is 36.4 Å². The molecule has 0 atom stereocenters. The van der Waals surface area contributed by atoms with Crippen LogP contribution in [0.1, 0.15) is 0 Å². The highest BCUT2D eigenvalue weighted by atomic mass is 16.3. The molecule has 9 aromatic rings. The SMILES string of the molecule is c1ccc(-c2cc(-c3ccc4oc5cc6c7ccccc7c7ccccc7c6cc5c4c3)nc(-c3ccccc3)n2)cc1. The van der Waals surface area contributed by atoms with Crippen LogP contribution in [0.5, 0.6) is 0 Å². The summed E-state index contributed by atoms with van der Waals surface area (Å²) >= 11 is 0. The van der Waals surface area contributed by atoms with E-state index in [1.54, 1.807) is 0 Å². The van der Waals surface area contributed by atoms with Crippen molar-refractivity contribution in [1.29, 1.82) is 0 Å². The third-order valence-electron chi connectivity index (χ3n) is 8.46. The Bertz CT molecular complexity index is 2440. The Labute approximate surface area is 247 Å². The molecule has 200 valence electrons. The van der Waals surface area contributed by atoms with Crippen molar-refractivity contribution in [2.75, 3.05) is 0 Å². The number of hydrogen-bond donors (Lipinski definition) is 0. The number of aromatic nitrogens is 2. The van der Waals surface area contributed by atoms with E-state index in [-0.39, 0.29) is 0 Å². The third-order valence-corrected chi connectivity index (χ3v) is 8.46. The Morgan fingerprint density at radius 1 is 0.326 bits per heavy atom. The van der Waals surface area contributed by atoms with E-state index in [2.05, 4.69) is 109 Å². The third kappa shape index (κ3) is 3.83. The van der Waals surface area contributed by atoms with Gasteiger partial charge in [-0.25, -0.2) is 9.97 Å². The second-order valence-electron chi connectivity index (χ2n) is 11.0. The maximum atomic E-state index is 6.47. The van der Waals surface area contributed by atoms with Gasteiger partial charge in [-0.15, -0.1) is 0 Å². The molecule has 9 rings (SSSR count). The van der Waals surface area contributed by atoms with Crippen LogP contribution in [0.15, 0.2) is 150 Å². The van der Waals surface area contributed by atoms with Crippen molar-refractivity contribution in [2.24, 2.45) is 0 Å². The summed E-state index contributed by atoms with van der Waals surface area (Å²) in [5.41, 5.74) is 6.59. The zero-order valence-electron chi connectivity index (χ0n) is 23.2. The minimum Gasteiger partial charge on any atom is -0.456 e. The van der Waals surface area contributed by atoms with Crippen LogP contribution in [0.2, 0.25) is 0 Å². The molecule has 0 N–H and O–H groups in total. The molecule has 43 heavy (non-hydrogen) atoms. The van der Waals surface area contributed by atoms with Crippen LogP contribution in [-0.4, -0.2) is 9.97 Å². The zero-order valence-corrected chi connectivity index (χ0v) is 23.2. The topological polar surface area (TPSA) is 38.9 Å². The molecule has 0 saturated carbocycles. The van der Waals surface area contributed by atoms with E-state index in [9.17, 15) is 0 Å². The van der Waals surface area contributed by atoms with Crippen LogP contribution in [0, 0.1) is 0 Å². The first-order valence-electron chi connectivity index (χ1n) is 14.5. The fourth-order valence-electron chi connectivity index (χ4n) is 6.40. The first kappa shape index (κ1) is 23.9. The van der Waals surface area contributed by atoms with Crippen LogP contribution in [0.4, 0.5) is 0 Å². The van der Waals surface area contributed by atoms with Crippen LogP contribution >= 0.6 is 0 Å². The van der Waals surface area contributed by atoms with Crippen LogP contribution < -0.4 is 0 Å². The van der Waals surface area contributed by atoms with Gasteiger partial charge in [0.1, 0.15) is 11.2 Å². The highest BCUT2D eigenvalue weighted by Crippen LogP contribution is 2.40. The summed E-state index contributed by atoms with van der Waals surface area (Å²) in [6, 6.07) is 50.8. The smallest absolute Gasteiger partial charge is 0.160 e. The Morgan fingerprint density at radius 2 is 0.837 bits per heavy atom. The van der Waals surface area contributed by atoms with Crippen molar-refractivity contribution < 1.29 is 4.42 Å². The molecule has 0 aliphatic carbocycles. The molecule has 0 saturated heterocycles. The number of hydrogen-bond acceptors (Lipinski definition) is 3. The summed E-state index contributed by atoms with van der Waals surface area (Å²) in [5, 5.41) is 9.63. The summed E-state index contributed by atoms with van der Waals surface area (Å²) in [4.78, 5) is 10.0. The number of rotatable bonds is 3. The predicted molar refractivity (Wildman–Crippen MR) is 178 cm³/mol. The van der Waals surface area contributed by atoms with Crippen LogP contribution in [0.3, 0.4) is 0 Å². The summed E-state index contributed by atoms with van der Waals surface area (Å²) in [6.07, 6.45) is 0. The monoisotopic (exact) mass is 548 g/mol. The van der Waals surface area contributed by atoms with Gasteiger partial charge in [0.25, 0.3) is 0 Å². The van der Waals surface area contributed by atoms with Gasteiger partial charge in [0, 0.05) is 27.5 Å². The molecule has 0 aliphatic heterocycles. The molecule has 3 heteroatoms. The highest BCUT2D eigenvalue weighted by molar-refractivity contribution is 6.28. The molecule has 7 aromatic carbocycles. The van der Waals surface area contributed by atoms with E-state index >= 15 is 0 Å².